The van der Waals surface area contributed by atoms with Crippen molar-refractivity contribution in [1.82, 2.24) is 25.1 Å². The first-order valence-corrected chi connectivity index (χ1v) is 11.5. The number of benzene rings is 2. The van der Waals surface area contributed by atoms with Gasteiger partial charge in [-0.25, -0.2) is 4.98 Å². The number of fused-ring (bicyclic) bond motifs is 1. The largest absolute Gasteiger partial charge is 0.379 e. The van der Waals surface area contributed by atoms with Crippen molar-refractivity contribution < 1.29 is 4.74 Å². The summed E-state index contributed by atoms with van der Waals surface area (Å²) in [5.74, 6) is 1.89. The first-order valence-electron chi connectivity index (χ1n) is 11.5. The van der Waals surface area contributed by atoms with Crippen LogP contribution in [0.25, 0.3) is 11.0 Å². The van der Waals surface area contributed by atoms with E-state index in [1.807, 2.05) is 13.1 Å². The lowest BCUT2D eigenvalue weighted by atomic mass is 10.1. The first-order chi connectivity index (χ1) is 15.7. The van der Waals surface area contributed by atoms with Crippen molar-refractivity contribution >= 4 is 41.0 Å². The number of morpholine rings is 1. The molecule has 0 bridgehead atoms. The van der Waals surface area contributed by atoms with E-state index in [0.717, 1.165) is 76.2 Å². The number of para-hydroxylation sites is 2. The number of halogens is 1. The zero-order valence-corrected chi connectivity index (χ0v) is 21.9. The molecule has 0 saturated carbocycles. The molecule has 1 aliphatic heterocycles. The van der Waals surface area contributed by atoms with Gasteiger partial charge in [0.25, 0.3) is 0 Å². The van der Waals surface area contributed by atoms with Gasteiger partial charge in [-0.15, -0.1) is 24.0 Å². The molecule has 0 unspecified atom stereocenters. The number of nitrogens with one attached hydrogen (secondary N) is 2. The molecular formula is C25H35IN6O. The van der Waals surface area contributed by atoms with Gasteiger partial charge in [-0.2, -0.15) is 0 Å². The van der Waals surface area contributed by atoms with Gasteiger partial charge in [0, 0.05) is 46.3 Å². The van der Waals surface area contributed by atoms with Crippen molar-refractivity contribution in [3.05, 3.63) is 65.5 Å². The summed E-state index contributed by atoms with van der Waals surface area (Å²) in [6.07, 6.45) is 0.996. The highest BCUT2D eigenvalue weighted by molar-refractivity contribution is 14.0. The van der Waals surface area contributed by atoms with E-state index in [1.54, 1.807) is 0 Å². The molecule has 1 aromatic heterocycles. The van der Waals surface area contributed by atoms with Crippen LogP contribution in [-0.2, 0) is 24.4 Å². The minimum Gasteiger partial charge on any atom is -0.379 e. The lowest BCUT2D eigenvalue weighted by Crippen LogP contribution is -2.38. The maximum absolute atomic E-state index is 5.48. The zero-order chi connectivity index (χ0) is 22.2. The number of nitrogens with zero attached hydrogens (tertiary/aromatic N) is 4. The van der Waals surface area contributed by atoms with Gasteiger partial charge >= 0.3 is 0 Å². The summed E-state index contributed by atoms with van der Waals surface area (Å²) in [5.41, 5.74) is 4.93. The zero-order valence-electron chi connectivity index (χ0n) is 19.6. The molecular weight excluding hydrogens is 527 g/mol. The summed E-state index contributed by atoms with van der Waals surface area (Å²) in [6.45, 7) is 9.21. The fourth-order valence-electron chi connectivity index (χ4n) is 4.21. The Morgan fingerprint density at radius 3 is 2.55 bits per heavy atom. The van der Waals surface area contributed by atoms with Crippen molar-refractivity contribution in [3.63, 3.8) is 0 Å². The van der Waals surface area contributed by atoms with Crippen molar-refractivity contribution in [2.45, 2.75) is 33.0 Å². The number of imidazole rings is 1. The SMILES string of the molecule is CN=C(NCCCn1c(C)nc2ccccc21)NCc1ccccc1CN1CCOCC1.I. The number of rotatable bonds is 8. The number of aryl methyl sites for hydroxylation is 2. The Kier molecular flexibility index (Phi) is 9.95. The molecule has 1 saturated heterocycles. The third kappa shape index (κ3) is 6.91. The summed E-state index contributed by atoms with van der Waals surface area (Å²) >= 11 is 0. The Morgan fingerprint density at radius 2 is 1.76 bits per heavy atom. The molecule has 8 heteroatoms. The van der Waals surface area contributed by atoms with Gasteiger partial charge in [0.1, 0.15) is 5.82 Å². The van der Waals surface area contributed by atoms with E-state index in [1.165, 1.54) is 16.6 Å². The van der Waals surface area contributed by atoms with Crippen LogP contribution in [0.5, 0.6) is 0 Å². The van der Waals surface area contributed by atoms with Crippen molar-refractivity contribution in [3.8, 4) is 0 Å². The van der Waals surface area contributed by atoms with E-state index in [-0.39, 0.29) is 24.0 Å². The second-order valence-corrected chi connectivity index (χ2v) is 8.16. The van der Waals surface area contributed by atoms with Crippen LogP contribution >= 0.6 is 24.0 Å². The smallest absolute Gasteiger partial charge is 0.191 e. The second-order valence-electron chi connectivity index (χ2n) is 8.16. The maximum Gasteiger partial charge on any atom is 0.191 e. The maximum atomic E-state index is 5.48. The second kappa shape index (κ2) is 12.9. The normalized spacial score (nSPS) is 14.8. The summed E-state index contributed by atoms with van der Waals surface area (Å²) in [6, 6.07) is 17.0. The lowest BCUT2D eigenvalue weighted by molar-refractivity contribution is 0.0341. The van der Waals surface area contributed by atoms with Crippen LogP contribution in [0.4, 0.5) is 0 Å². The number of aliphatic imine (C=N–C) groups is 1. The minimum absolute atomic E-state index is 0. The van der Waals surface area contributed by atoms with Crippen LogP contribution in [-0.4, -0.2) is 60.3 Å². The predicted octanol–water partition coefficient (Wildman–Crippen LogP) is 3.55. The standard InChI is InChI=1S/C25H34N6O.HI/c1-20-29-23-10-5-6-11-24(23)31(20)13-7-12-27-25(26-2)28-18-21-8-3-4-9-22(21)19-30-14-16-32-17-15-30;/h3-6,8-11H,7,12-19H2,1-2H3,(H2,26,27,28);1H. The Morgan fingerprint density at radius 1 is 1.03 bits per heavy atom. The highest BCUT2D eigenvalue weighted by Crippen LogP contribution is 2.16. The van der Waals surface area contributed by atoms with Crippen LogP contribution < -0.4 is 10.6 Å². The molecule has 2 heterocycles. The molecule has 3 aromatic rings. The number of hydrogen-bond donors (Lipinski definition) is 2. The Labute approximate surface area is 213 Å². The Hall–Kier alpha value is -2.17. The van der Waals surface area contributed by atoms with Crippen LogP contribution in [0.1, 0.15) is 23.4 Å². The number of ether oxygens (including phenoxy) is 1. The fraction of sp³-hybridized carbons (Fsp3) is 0.440. The average Bonchev–Trinajstić information content (AvgIpc) is 3.15. The monoisotopic (exact) mass is 562 g/mol. The first kappa shape index (κ1) is 25.5. The highest BCUT2D eigenvalue weighted by atomic mass is 127. The average molecular weight is 563 g/mol. The number of aromatic nitrogens is 2. The molecule has 0 atom stereocenters. The van der Waals surface area contributed by atoms with E-state index in [0.29, 0.717) is 0 Å². The molecule has 178 valence electrons. The van der Waals surface area contributed by atoms with Gasteiger partial charge in [-0.3, -0.25) is 9.89 Å². The molecule has 0 radical (unpaired) electrons. The van der Waals surface area contributed by atoms with Crippen molar-refractivity contribution in [2.75, 3.05) is 39.9 Å². The topological polar surface area (TPSA) is 66.7 Å². The Balaban J connectivity index is 0.00000306. The molecule has 1 aliphatic rings. The van der Waals surface area contributed by atoms with Gasteiger partial charge in [0.2, 0.25) is 0 Å². The molecule has 7 nitrogen and oxygen atoms in total. The molecule has 2 aromatic carbocycles. The number of guanidine groups is 1. The van der Waals surface area contributed by atoms with E-state index >= 15 is 0 Å². The minimum atomic E-state index is 0. The van der Waals surface area contributed by atoms with Gasteiger partial charge in [0.05, 0.1) is 24.2 Å². The van der Waals surface area contributed by atoms with Crippen molar-refractivity contribution in [2.24, 2.45) is 4.99 Å². The summed E-state index contributed by atoms with van der Waals surface area (Å²) in [4.78, 5) is 11.5. The summed E-state index contributed by atoms with van der Waals surface area (Å²) in [7, 11) is 1.82. The number of hydrogen-bond acceptors (Lipinski definition) is 4. The van der Waals surface area contributed by atoms with E-state index in [9.17, 15) is 0 Å². The molecule has 0 amide bonds. The van der Waals surface area contributed by atoms with E-state index in [2.05, 4.69) is 79.5 Å². The molecule has 4 rings (SSSR count). The van der Waals surface area contributed by atoms with Crippen LogP contribution in [0.15, 0.2) is 53.5 Å². The highest BCUT2D eigenvalue weighted by Gasteiger charge is 2.13. The van der Waals surface area contributed by atoms with E-state index in [4.69, 9.17) is 4.74 Å². The predicted molar refractivity (Wildman–Crippen MR) is 145 cm³/mol. The molecule has 1 fully saturated rings. The van der Waals surface area contributed by atoms with Crippen LogP contribution in [0.2, 0.25) is 0 Å². The molecule has 0 aliphatic carbocycles. The van der Waals surface area contributed by atoms with Crippen molar-refractivity contribution in [1.29, 1.82) is 0 Å². The summed E-state index contributed by atoms with van der Waals surface area (Å²) < 4.78 is 7.76. The van der Waals surface area contributed by atoms with Crippen LogP contribution in [0.3, 0.4) is 0 Å². The molecule has 0 spiro atoms. The Bertz CT molecular complexity index is 1040. The summed E-state index contributed by atoms with van der Waals surface area (Å²) in [5, 5.41) is 6.92. The van der Waals surface area contributed by atoms with Gasteiger partial charge in [0.15, 0.2) is 5.96 Å². The van der Waals surface area contributed by atoms with Crippen LogP contribution in [0, 0.1) is 6.92 Å². The molecule has 2 N–H and O–H groups in total. The third-order valence-electron chi connectivity index (χ3n) is 5.98. The quantitative estimate of drug-likeness (QED) is 0.190. The lowest BCUT2D eigenvalue weighted by Gasteiger charge is -2.27. The molecule has 33 heavy (non-hydrogen) atoms. The van der Waals surface area contributed by atoms with Gasteiger partial charge in [-0.05, 0) is 36.6 Å². The third-order valence-corrected chi connectivity index (χ3v) is 5.98. The van der Waals surface area contributed by atoms with E-state index < -0.39 is 0 Å². The fourth-order valence-corrected chi connectivity index (χ4v) is 4.21. The van der Waals surface area contributed by atoms with Gasteiger partial charge < -0.3 is 19.9 Å². The van der Waals surface area contributed by atoms with Gasteiger partial charge in [-0.1, -0.05) is 36.4 Å².